The van der Waals surface area contributed by atoms with Crippen molar-refractivity contribution in [3.8, 4) is 0 Å². The van der Waals surface area contributed by atoms with Crippen molar-refractivity contribution in [1.82, 2.24) is 25.6 Å². The van der Waals surface area contributed by atoms with Crippen molar-refractivity contribution < 1.29 is 4.39 Å². The van der Waals surface area contributed by atoms with Gasteiger partial charge in [0, 0.05) is 12.0 Å². The molecular weight excluding hydrogens is 235 g/mol. The first-order chi connectivity index (χ1) is 8.61. The summed E-state index contributed by atoms with van der Waals surface area (Å²) in [6.07, 6.45) is 0.380. The van der Waals surface area contributed by atoms with Crippen LogP contribution in [0.2, 0.25) is 0 Å². The Kier molecular flexibility index (Phi) is 3.63. The first-order valence-corrected chi connectivity index (χ1v) is 5.56. The Morgan fingerprint density at radius 3 is 2.89 bits per heavy atom. The molecule has 0 saturated carbocycles. The normalized spacial score (nSPS) is 12.7. The fraction of sp³-hybridized carbons (Fsp3) is 0.364. The molecule has 6 nitrogen and oxygen atoms in total. The number of nitrogens with two attached hydrogens (primary N) is 1. The second-order valence-electron chi connectivity index (χ2n) is 4.10. The molecule has 3 N–H and O–H groups in total. The number of hydrogen-bond donors (Lipinski definition) is 2. The molecule has 0 aliphatic carbocycles. The van der Waals surface area contributed by atoms with Crippen molar-refractivity contribution in [1.29, 1.82) is 0 Å². The summed E-state index contributed by atoms with van der Waals surface area (Å²) in [6, 6.07) is 4.83. The van der Waals surface area contributed by atoms with Crippen LogP contribution in [0.4, 0.5) is 4.39 Å². The molecule has 7 heteroatoms. The minimum Gasteiger partial charge on any atom is -0.271 e. The maximum atomic E-state index is 14.0. The Morgan fingerprint density at radius 2 is 2.28 bits per heavy atom. The van der Waals surface area contributed by atoms with E-state index in [0.717, 1.165) is 0 Å². The molecule has 1 aromatic carbocycles. The molecule has 0 aliphatic heterocycles. The predicted octanol–water partition coefficient (Wildman–Crippen LogP) is 0.405. The highest BCUT2D eigenvalue weighted by Gasteiger charge is 2.18. The summed E-state index contributed by atoms with van der Waals surface area (Å²) < 4.78 is 14.0. The summed E-state index contributed by atoms with van der Waals surface area (Å²) in [5.74, 6) is 5.73. The number of nitrogens with zero attached hydrogens (tertiary/aromatic N) is 4. The van der Waals surface area contributed by atoms with Crippen LogP contribution < -0.4 is 11.3 Å². The molecule has 0 amide bonds. The van der Waals surface area contributed by atoms with E-state index in [0.29, 0.717) is 23.4 Å². The van der Waals surface area contributed by atoms with E-state index in [-0.39, 0.29) is 11.9 Å². The van der Waals surface area contributed by atoms with Gasteiger partial charge in [0.1, 0.15) is 5.82 Å². The first kappa shape index (κ1) is 12.6. The Labute approximate surface area is 104 Å². The van der Waals surface area contributed by atoms with Crippen LogP contribution >= 0.6 is 0 Å². The van der Waals surface area contributed by atoms with E-state index in [9.17, 15) is 4.39 Å². The SMILES string of the molecule is Cc1cccc(C(Cc2nnn(C)n2)NN)c1F. The molecule has 0 spiro atoms. The second-order valence-corrected chi connectivity index (χ2v) is 4.10. The molecule has 1 aromatic heterocycles. The summed E-state index contributed by atoms with van der Waals surface area (Å²) in [4.78, 5) is 1.36. The van der Waals surface area contributed by atoms with Crippen molar-refractivity contribution in [2.75, 3.05) is 0 Å². The third kappa shape index (κ3) is 2.52. The topological polar surface area (TPSA) is 81.7 Å². The van der Waals surface area contributed by atoms with Crippen molar-refractivity contribution >= 4 is 0 Å². The zero-order valence-electron chi connectivity index (χ0n) is 10.3. The maximum absolute atomic E-state index is 14.0. The highest BCUT2D eigenvalue weighted by Crippen LogP contribution is 2.21. The van der Waals surface area contributed by atoms with Gasteiger partial charge < -0.3 is 0 Å². The van der Waals surface area contributed by atoms with E-state index in [1.165, 1.54) is 4.80 Å². The summed E-state index contributed by atoms with van der Waals surface area (Å²) in [7, 11) is 1.68. The van der Waals surface area contributed by atoms with Crippen LogP contribution in [0.3, 0.4) is 0 Å². The number of hydrogen-bond acceptors (Lipinski definition) is 5. The summed E-state index contributed by atoms with van der Waals surface area (Å²) in [5.41, 5.74) is 3.67. The number of nitrogens with one attached hydrogen (secondary N) is 1. The van der Waals surface area contributed by atoms with Gasteiger partial charge in [-0.15, -0.1) is 10.2 Å². The molecule has 1 unspecified atom stereocenters. The van der Waals surface area contributed by atoms with Crippen LogP contribution in [0.25, 0.3) is 0 Å². The third-order valence-electron chi connectivity index (χ3n) is 2.73. The maximum Gasteiger partial charge on any atom is 0.176 e. The zero-order valence-corrected chi connectivity index (χ0v) is 10.3. The average molecular weight is 250 g/mol. The van der Waals surface area contributed by atoms with Crippen LogP contribution in [-0.2, 0) is 13.5 Å². The van der Waals surface area contributed by atoms with E-state index in [1.807, 2.05) is 0 Å². The monoisotopic (exact) mass is 250 g/mol. The lowest BCUT2D eigenvalue weighted by atomic mass is 10.0. The minimum atomic E-state index is -0.380. The molecule has 0 radical (unpaired) electrons. The number of hydrazine groups is 1. The summed E-state index contributed by atoms with van der Waals surface area (Å²) in [6.45, 7) is 1.72. The van der Waals surface area contributed by atoms with Crippen LogP contribution in [-0.4, -0.2) is 20.2 Å². The number of tetrazole rings is 1. The van der Waals surface area contributed by atoms with Gasteiger partial charge in [0.05, 0.1) is 13.1 Å². The van der Waals surface area contributed by atoms with Gasteiger partial charge in [-0.25, -0.2) is 4.39 Å². The van der Waals surface area contributed by atoms with Gasteiger partial charge in [-0.2, -0.15) is 4.80 Å². The number of benzene rings is 1. The third-order valence-corrected chi connectivity index (χ3v) is 2.73. The van der Waals surface area contributed by atoms with Gasteiger partial charge in [-0.1, -0.05) is 18.2 Å². The molecule has 0 bridgehead atoms. The van der Waals surface area contributed by atoms with Gasteiger partial charge in [-0.05, 0) is 17.7 Å². The Balaban J connectivity index is 2.25. The number of rotatable bonds is 4. The molecule has 0 aliphatic rings. The Morgan fingerprint density at radius 1 is 1.50 bits per heavy atom. The molecular formula is C11H15FN6. The second kappa shape index (κ2) is 5.19. The van der Waals surface area contributed by atoms with Crippen LogP contribution in [0, 0.1) is 12.7 Å². The largest absolute Gasteiger partial charge is 0.271 e. The van der Waals surface area contributed by atoms with E-state index < -0.39 is 0 Å². The van der Waals surface area contributed by atoms with Gasteiger partial charge in [-0.3, -0.25) is 11.3 Å². The highest BCUT2D eigenvalue weighted by molar-refractivity contribution is 5.28. The fourth-order valence-corrected chi connectivity index (χ4v) is 1.79. The van der Waals surface area contributed by atoms with E-state index in [1.54, 1.807) is 32.2 Å². The smallest absolute Gasteiger partial charge is 0.176 e. The minimum absolute atomic E-state index is 0.260. The highest BCUT2D eigenvalue weighted by atomic mass is 19.1. The van der Waals surface area contributed by atoms with E-state index in [4.69, 9.17) is 5.84 Å². The predicted molar refractivity (Wildman–Crippen MR) is 63.7 cm³/mol. The van der Waals surface area contributed by atoms with Crippen molar-refractivity contribution in [2.24, 2.45) is 12.9 Å². The van der Waals surface area contributed by atoms with Crippen molar-refractivity contribution in [3.05, 3.63) is 41.0 Å². The summed E-state index contributed by atoms with van der Waals surface area (Å²) >= 11 is 0. The Hall–Kier alpha value is -1.86. The van der Waals surface area contributed by atoms with Crippen LogP contribution in [0.5, 0.6) is 0 Å². The lowest BCUT2D eigenvalue weighted by Gasteiger charge is -2.16. The summed E-state index contributed by atoms with van der Waals surface area (Å²) in [5, 5.41) is 11.6. The van der Waals surface area contributed by atoms with E-state index in [2.05, 4.69) is 20.8 Å². The fourth-order valence-electron chi connectivity index (χ4n) is 1.79. The van der Waals surface area contributed by atoms with Crippen molar-refractivity contribution in [2.45, 2.75) is 19.4 Å². The quantitative estimate of drug-likeness (QED) is 0.606. The van der Waals surface area contributed by atoms with Gasteiger partial charge in [0.15, 0.2) is 5.82 Å². The lowest BCUT2D eigenvalue weighted by molar-refractivity contribution is 0.498. The molecule has 18 heavy (non-hydrogen) atoms. The average Bonchev–Trinajstić information content (AvgIpc) is 2.76. The van der Waals surface area contributed by atoms with Gasteiger partial charge in [0.2, 0.25) is 0 Å². The van der Waals surface area contributed by atoms with E-state index >= 15 is 0 Å². The molecule has 2 rings (SSSR count). The Bertz CT molecular complexity index is 538. The lowest BCUT2D eigenvalue weighted by Crippen LogP contribution is -2.30. The van der Waals surface area contributed by atoms with Crippen LogP contribution in [0.15, 0.2) is 18.2 Å². The molecule has 1 atom stereocenters. The van der Waals surface area contributed by atoms with Crippen LogP contribution in [0.1, 0.15) is 23.0 Å². The zero-order chi connectivity index (χ0) is 13.1. The van der Waals surface area contributed by atoms with Gasteiger partial charge in [0.25, 0.3) is 0 Å². The molecule has 2 aromatic rings. The number of halogens is 1. The number of aryl methyl sites for hydroxylation is 2. The van der Waals surface area contributed by atoms with Crippen molar-refractivity contribution in [3.63, 3.8) is 0 Å². The molecule has 0 fully saturated rings. The first-order valence-electron chi connectivity index (χ1n) is 5.56. The molecule has 96 valence electrons. The standard InChI is InChI=1S/C11H15FN6/c1-7-4-3-5-8(11(7)12)9(14-13)6-10-15-17-18(2)16-10/h3-5,9,14H,6,13H2,1-2H3. The van der Waals surface area contributed by atoms with Gasteiger partial charge >= 0.3 is 0 Å². The molecule has 0 saturated heterocycles. The molecule has 1 heterocycles. The number of aromatic nitrogens is 4.